The van der Waals surface area contributed by atoms with Crippen LogP contribution in [-0.4, -0.2) is 47.4 Å². The fraction of sp³-hybridized carbons (Fsp3) is 0.565. The summed E-state index contributed by atoms with van der Waals surface area (Å²) in [5.41, 5.74) is 6.35. The zero-order valence-corrected chi connectivity index (χ0v) is 17.5. The highest BCUT2D eigenvalue weighted by Crippen LogP contribution is 2.38. The minimum Gasteiger partial charge on any atom is -0.477 e. The van der Waals surface area contributed by atoms with Crippen molar-refractivity contribution in [2.75, 3.05) is 24.5 Å². The molecule has 3 atom stereocenters. The number of carboxylic acid groups (broad SMARTS) is 1. The van der Waals surface area contributed by atoms with Crippen molar-refractivity contribution in [3.63, 3.8) is 0 Å². The molecule has 8 heteroatoms. The Hall–Kier alpha value is -2.45. The average molecular weight is 429 g/mol. The Morgan fingerprint density at radius 3 is 2.74 bits per heavy atom. The molecule has 2 aromatic rings. The number of carboxylic acids is 1. The molecule has 0 radical (unpaired) electrons. The molecule has 1 aliphatic heterocycles. The Labute approximate surface area is 180 Å². The van der Waals surface area contributed by atoms with Gasteiger partial charge in [0.2, 0.25) is 5.43 Å². The molecule has 0 spiro atoms. The van der Waals surface area contributed by atoms with Gasteiger partial charge in [-0.15, -0.1) is 0 Å². The average Bonchev–Trinajstić information content (AvgIpc) is 3.59. The standard InChI is InChI=1S/C23H29FN4O3/c24-18-9-16-20(28(15-4-5-15)11-17(22(16)29)23(30)31)10-21(18)27-7-6-26-19(12-27)13-2-1-3-14(25)8-13/h9-11,13-15,19,26H,1-8,12,25H2,(H,30,31). The second kappa shape index (κ2) is 7.91. The van der Waals surface area contributed by atoms with E-state index in [1.807, 2.05) is 4.57 Å². The fourth-order valence-corrected chi connectivity index (χ4v) is 5.35. The molecule has 2 aliphatic carbocycles. The van der Waals surface area contributed by atoms with E-state index in [2.05, 4.69) is 10.2 Å². The minimum atomic E-state index is -1.28. The lowest BCUT2D eigenvalue weighted by molar-refractivity contribution is 0.0695. The van der Waals surface area contributed by atoms with Crippen molar-refractivity contribution < 1.29 is 14.3 Å². The number of hydrogen-bond donors (Lipinski definition) is 3. The molecule has 166 valence electrons. The van der Waals surface area contributed by atoms with Gasteiger partial charge in [-0.1, -0.05) is 6.42 Å². The third kappa shape index (κ3) is 3.83. The Kier molecular flexibility index (Phi) is 5.22. The van der Waals surface area contributed by atoms with Gasteiger partial charge in [-0.05, 0) is 50.2 Å². The van der Waals surface area contributed by atoms with Crippen LogP contribution in [0.4, 0.5) is 10.1 Å². The van der Waals surface area contributed by atoms with Gasteiger partial charge in [-0.25, -0.2) is 9.18 Å². The summed E-state index contributed by atoms with van der Waals surface area (Å²) in [6.07, 6.45) is 7.62. The van der Waals surface area contributed by atoms with Gasteiger partial charge in [0, 0.05) is 49.3 Å². The molecule has 31 heavy (non-hydrogen) atoms. The quantitative estimate of drug-likeness (QED) is 0.692. The smallest absolute Gasteiger partial charge is 0.341 e. The first-order valence-electron chi connectivity index (χ1n) is 11.3. The molecule has 0 bridgehead atoms. The first kappa shape index (κ1) is 20.5. The van der Waals surface area contributed by atoms with Crippen molar-refractivity contribution in [3.05, 3.63) is 39.9 Å². The van der Waals surface area contributed by atoms with Gasteiger partial charge in [-0.3, -0.25) is 4.79 Å². The lowest BCUT2D eigenvalue weighted by atomic mass is 9.80. The highest BCUT2D eigenvalue weighted by atomic mass is 19.1. The Morgan fingerprint density at radius 1 is 1.23 bits per heavy atom. The molecule has 3 unspecified atom stereocenters. The predicted octanol–water partition coefficient (Wildman–Crippen LogP) is 2.47. The van der Waals surface area contributed by atoms with E-state index in [0.29, 0.717) is 30.2 Å². The van der Waals surface area contributed by atoms with Crippen molar-refractivity contribution in [1.82, 2.24) is 9.88 Å². The predicted molar refractivity (Wildman–Crippen MR) is 117 cm³/mol. The number of nitrogens with two attached hydrogens (primary N) is 1. The highest BCUT2D eigenvalue weighted by Gasteiger charge is 2.32. The first-order valence-corrected chi connectivity index (χ1v) is 11.3. The van der Waals surface area contributed by atoms with E-state index >= 15 is 4.39 Å². The summed E-state index contributed by atoms with van der Waals surface area (Å²) in [5, 5.41) is 13.2. The molecular formula is C23H29FN4O3. The van der Waals surface area contributed by atoms with Gasteiger partial charge in [-0.2, -0.15) is 0 Å². The van der Waals surface area contributed by atoms with Crippen molar-refractivity contribution in [2.24, 2.45) is 11.7 Å². The number of aromatic carboxylic acids is 1. The molecule has 4 N–H and O–H groups in total. The lowest BCUT2D eigenvalue weighted by Gasteiger charge is -2.41. The number of aromatic nitrogens is 1. The fourth-order valence-electron chi connectivity index (χ4n) is 5.35. The number of nitrogens with zero attached hydrogens (tertiary/aromatic N) is 2. The second-order valence-corrected chi connectivity index (χ2v) is 9.33. The molecule has 3 aliphatic rings. The van der Waals surface area contributed by atoms with Crippen LogP contribution in [0.2, 0.25) is 0 Å². The first-order chi connectivity index (χ1) is 14.9. The second-order valence-electron chi connectivity index (χ2n) is 9.33. The number of nitrogens with one attached hydrogen (secondary N) is 1. The lowest BCUT2D eigenvalue weighted by Crippen LogP contribution is -2.55. The Bertz CT molecular complexity index is 1080. The van der Waals surface area contributed by atoms with Crippen LogP contribution in [0.3, 0.4) is 0 Å². The van der Waals surface area contributed by atoms with E-state index in [4.69, 9.17) is 5.73 Å². The summed E-state index contributed by atoms with van der Waals surface area (Å²) in [5.74, 6) is -1.27. The van der Waals surface area contributed by atoms with E-state index in [9.17, 15) is 14.7 Å². The number of anilines is 1. The Morgan fingerprint density at radius 2 is 2.03 bits per heavy atom. The molecular weight excluding hydrogens is 399 g/mol. The monoisotopic (exact) mass is 428 g/mol. The molecule has 1 aromatic carbocycles. The van der Waals surface area contributed by atoms with Gasteiger partial charge >= 0.3 is 5.97 Å². The third-order valence-electron chi connectivity index (χ3n) is 7.14. The normalized spacial score (nSPS) is 26.9. The maximum atomic E-state index is 15.2. The number of carbonyl (C=O) groups is 1. The highest BCUT2D eigenvalue weighted by molar-refractivity contribution is 5.93. The topological polar surface area (TPSA) is 101 Å². The van der Waals surface area contributed by atoms with Gasteiger partial charge in [0.15, 0.2) is 0 Å². The number of hydrogen-bond acceptors (Lipinski definition) is 5. The molecule has 5 rings (SSSR count). The van der Waals surface area contributed by atoms with Crippen LogP contribution in [0.1, 0.15) is 54.9 Å². The van der Waals surface area contributed by atoms with Crippen molar-refractivity contribution >= 4 is 22.6 Å². The van der Waals surface area contributed by atoms with E-state index < -0.39 is 17.2 Å². The van der Waals surface area contributed by atoms with Crippen molar-refractivity contribution in [2.45, 2.75) is 56.7 Å². The van der Waals surface area contributed by atoms with Crippen LogP contribution in [0.25, 0.3) is 10.9 Å². The number of pyridine rings is 1. The summed E-state index contributed by atoms with van der Waals surface area (Å²) in [7, 11) is 0. The van der Waals surface area contributed by atoms with E-state index in [1.165, 1.54) is 12.3 Å². The zero-order chi connectivity index (χ0) is 21.7. The van der Waals surface area contributed by atoms with E-state index in [0.717, 1.165) is 45.1 Å². The third-order valence-corrected chi connectivity index (χ3v) is 7.14. The molecule has 1 saturated heterocycles. The van der Waals surface area contributed by atoms with E-state index in [-0.39, 0.29) is 29.1 Å². The zero-order valence-electron chi connectivity index (χ0n) is 17.5. The number of rotatable bonds is 4. The number of halogens is 1. The van der Waals surface area contributed by atoms with Crippen LogP contribution in [-0.2, 0) is 0 Å². The van der Waals surface area contributed by atoms with Crippen molar-refractivity contribution in [1.29, 1.82) is 0 Å². The summed E-state index contributed by atoms with van der Waals surface area (Å²) in [4.78, 5) is 26.3. The number of piperazine rings is 1. The number of fused-ring (bicyclic) bond motifs is 1. The molecule has 1 aromatic heterocycles. The molecule has 0 amide bonds. The number of benzene rings is 1. The van der Waals surface area contributed by atoms with Gasteiger partial charge in [0.1, 0.15) is 11.4 Å². The minimum absolute atomic E-state index is 0.137. The molecule has 7 nitrogen and oxygen atoms in total. The summed E-state index contributed by atoms with van der Waals surface area (Å²) >= 11 is 0. The SMILES string of the molecule is NC1CCCC(C2CN(c3cc4c(cc3F)c(=O)c(C(=O)O)cn4C3CC3)CCN2)C1. The maximum Gasteiger partial charge on any atom is 0.341 e. The summed E-state index contributed by atoms with van der Waals surface area (Å²) in [6, 6.07) is 3.63. The van der Waals surface area contributed by atoms with Gasteiger partial charge in [0.25, 0.3) is 0 Å². The van der Waals surface area contributed by atoms with Crippen LogP contribution in [0.5, 0.6) is 0 Å². The van der Waals surface area contributed by atoms with Crippen LogP contribution in [0, 0.1) is 11.7 Å². The Balaban J connectivity index is 1.52. The largest absolute Gasteiger partial charge is 0.477 e. The van der Waals surface area contributed by atoms with Crippen LogP contribution in [0.15, 0.2) is 23.1 Å². The molecule has 2 saturated carbocycles. The van der Waals surface area contributed by atoms with Gasteiger partial charge < -0.3 is 25.6 Å². The summed E-state index contributed by atoms with van der Waals surface area (Å²) < 4.78 is 17.1. The van der Waals surface area contributed by atoms with Crippen LogP contribution >= 0.6 is 0 Å². The maximum absolute atomic E-state index is 15.2. The van der Waals surface area contributed by atoms with Gasteiger partial charge in [0.05, 0.1) is 11.2 Å². The summed E-state index contributed by atoms with van der Waals surface area (Å²) in [6.45, 7) is 2.14. The molecule has 2 heterocycles. The molecule has 3 fully saturated rings. The van der Waals surface area contributed by atoms with E-state index in [1.54, 1.807) is 6.07 Å². The van der Waals surface area contributed by atoms with Crippen molar-refractivity contribution in [3.8, 4) is 0 Å². The van der Waals surface area contributed by atoms with Crippen LogP contribution < -0.4 is 21.4 Å².